The predicted molar refractivity (Wildman–Crippen MR) is 79.6 cm³/mol. The molecule has 1 aromatic rings. The lowest BCUT2D eigenvalue weighted by molar-refractivity contribution is -0.386. The molecule has 1 saturated heterocycles. The van der Waals surface area contributed by atoms with Gasteiger partial charge in [-0.2, -0.15) is 0 Å². The van der Waals surface area contributed by atoms with E-state index in [-0.39, 0.29) is 11.8 Å². The third-order valence-corrected chi connectivity index (χ3v) is 3.42. The second-order valence-electron chi connectivity index (χ2n) is 5.18. The van der Waals surface area contributed by atoms with Crippen LogP contribution in [-0.4, -0.2) is 30.8 Å². The van der Waals surface area contributed by atoms with Crippen LogP contribution in [0.25, 0.3) is 0 Å². The highest BCUT2D eigenvalue weighted by Gasteiger charge is 2.20. The number of hydrogen-bond acceptors (Lipinski definition) is 5. The zero-order valence-corrected chi connectivity index (χ0v) is 12.3. The van der Waals surface area contributed by atoms with E-state index in [1.807, 2.05) is 6.07 Å². The minimum absolute atomic E-state index is 0.0174. The normalized spacial score (nSPS) is 17.9. The maximum atomic E-state index is 11.2. The molecule has 1 aliphatic rings. The van der Waals surface area contributed by atoms with Gasteiger partial charge in [0.05, 0.1) is 11.0 Å². The number of benzene rings is 1. The van der Waals surface area contributed by atoms with Gasteiger partial charge in [-0.15, -0.1) is 0 Å². The number of hydrogen-bond donors (Lipinski definition) is 1. The molecule has 1 aliphatic heterocycles. The fraction of sp³-hybridized carbons (Fsp3) is 0.600. The monoisotopic (exact) mass is 294 g/mol. The van der Waals surface area contributed by atoms with E-state index in [2.05, 4.69) is 12.2 Å². The largest absolute Gasteiger partial charge is 0.484 e. The number of nitrogens with zero attached hydrogens (tertiary/aromatic N) is 1. The smallest absolute Gasteiger partial charge is 0.311 e. The van der Waals surface area contributed by atoms with E-state index in [0.717, 1.165) is 38.0 Å². The van der Waals surface area contributed by atoms with Crippen LogP contribution in [-0.2, 0) is 11.3 Å². The van der Waals surface area contributed by atoms with Gasteiger partial charge in [0.2, 0.25) is 0 Å². The van der Waals surface area contributed by atoms with Crippen molar-refractivity contribution in [2.75, 3.05) is 19.8 Å². The van der Waals surface area contributed by atoms with Gasteiger partial charge in [0, 0.05) is 19.2 Å². The number of ether oxygens (including phenoxy) is 2. The number of nitrogens with one attached hydrogen (secondary N) is 1. The molecule has 2 rings (SSSR count). The Morgan fingerprint density at radius 2 is 2.38 bits per heavy atom. The first-order chi connectivity index (χ1) is 10.2. The first-order valence-electron chi connectivity index (χ1n) is 7.43. The van der Waals surface area contributed by atoms with Gasteiger partial charge in [-0.05, 0) is 37.4 Å². The summed E-state index contributed by atoms with van der Waals surface area (Å²) in [6, 6.07) is 5.12. The summed E-state index contributed by atoms with van der Waals surface area (Å²) in [5.41, 5.74) is 0.906. The van der Waals surface area contributed by atoms with Crippen molar-refractivity contribution >= 4 is 5.69 Å². The van der Waals surface area contributed by atoms with Gasteiger partial charge in [-0.3, -0.25) is 10.1 Å². The quantitative estimate of drug-likeness (QED) is 0.453. The van der Waals surface area contributed by atoms with Gasteiger partial charge in [0.15, 0.2) is 5.75 Å². The van der Waals surface area contributed by atoms with Crippen molar-refractivity contribution in [2.24, 2.45) is 0 Å². The average molecular weight is 294 g/mol. The summed E-state index contributed by atoms with van der Waals surface area (Å²) in [5.74, 6) is 0.315. The fourth-order valence-electron chi connectivity index (χ4n) is 2.31. The van der Waals surface area contributed by atoms with Crippen LogP contribution in [0.3, 0.4) is 0 Å². The van der Waals surface area contributed by atoms with Crippen molar-refractivity contribution in [3.63, 3.8) is 0 Å². The van der Waals surface area contributed by atoms with Crippen LogP contribution in [0.2, 0.25) is 0 Å². The second-order valence-corrected chi connectivity index (χ2v) is 5.18. The average Bonchev–Trinajstić information content (AvgIpc) is 2.99. The molecule has 21 heavy (non-hydrogen) atoms. The van der Waals surface area contributed by atoms with Crippen molar-refractivity contribution < 1.29 is 14.4 Å². The minimum atomic E-state index is -0.395. The molecule has 1 N–H and O–H groups in total. The molecule has 1 aromatic carbocycles. The third kappa shape index (κ3) is 4.68. The summed E-state index contributed by atoms with van der Waals surface area (Å²) in [5, 5.41) is 14.4. The zero-order chi connectivity index (χ0) is 15.1. The molecular formula is C15H22N2O4. The summed E-state index contributed by atoms with van der Waals surface area (Å²) in [7, 11) is 0. The van der Waals surface area contributed by atoms with Gasteiger partial charge in [-0.1, -0.05) is 13.0 Å². The topological polar surface area (TPSA) is 73.6 Å². The Labute approximate surface area is 124 Å². The molecule has 1 atom stereocenters. The summed E-state index contributed by atoms with van der Waals surface area (Å²) >= 11 is 0. The highest BCUT2D eigenvalue weighted by atomic mass is 16.6. The summed E-state index contributed by atoms with van der Waals surface area (Å²) in [6.45, 7) is 4.72. The molecule has 6 nitrogen and oxygen atoms in total. The predicted octanol–water partition coefficient (Wildman–Crippen LogP) is 2.65. The van der Waals surface area contributed by atoms with E-state index < -0.39 is 4.92 Å². The summed E-state index contributed by atoms with van der Waals surface area (Å²) in [4.78, 5) is 10.8. The zero-order valence-electron chi connectivity index (χ0n) is 12.3. The van der Waals surface area contributed by atoms with Crippen molar-refractivity contribution in [3.8, 4) is 5.75 Å². The Morgan fingerprint density at radius 1 is 1.52 bits per heavy atom. The van der Waals surface area contributed by atoms with E-state index in [1.165, 1.54) is 0 Å². The highest BCUT2D eigenvalue weighted by Crippen LogP contribution is 2.28. The molecule has 0 amide bonds. The Morgan fingerprint density at radius 3 is 3.05 bits per heavy atom. The van der Waals surface area contributed by atoms with E-state index in [0.29, 0.717) is 18.9 Å². The Balaban J connectivity index is 2.00. The molecule has 0 saturated carbocycles. The highest BCUT2D eigenvalue weighted by molar-refractivity contribution is 5.48. The minimum Gasteiger partial charge on any atom is -0.484 e. The van der Waals surface area contributed by atoms with E-state index >= 15 is 0 Å². The summed E-state index contributed by atoms with van der Waals surface area (Å²) < 4.78 is 11.0. The summed E-state index contributed by atoms with van der Waals surface area (Å²) in [6.07, 6.45) is 3.06. The Hall–Kier alpha value is -1.66. The van der Waals surface area contributed by atoms with Crippen LogP contribution in [0.1, 0.15) is 31.7 Å². The van der Waals surface area contributed by atoms with E-state index in [1.54, 1.807) is 12.1 Å². The molecule has 0 bridgehead atoms. The molecule has 0 radical (unpaired) electrons. The molecule has 1 fully saturated rings. The van der Waals surface area contributed by atoms with Crippen LogP contribution < -0.4 is 10.1 Å². The van der Waals surface area contributed by atoms with Gasteiger partial charge >= 0.3 is 5.69 Å². The third-order valence-electron chi connectivity index (χ3n) is 3.42. The van der Waals surface area contributed by atoms with Crippen LogP contribution in [0, 0.1) is 10.1 Å². The SMILES string of the molecule is CCCNCc1ccc(OCC2CCCO2)c([N+](=O)[O-])c1. The van der Waals surface area contributed by atoms with Crippen LogP contribution in [0.15, 0.2) is 18.2 Å². The number of rotatable bonds is 8. The van der Waals surface area contributed by atoms with Crippen molar-refractivity contribution in [2.45, 2.75) is 38.8 Å². The molecular weight excluding hydrogens is 272 g/mol. The standard InChI is InChI=1S/C15H22N2O4/c1-2-7-16-10-12-5-6-15(14(9-12)17(18)19)21-11-13-4-3-8-20-13/h5-6,9,13,16H,2-4,7-8,10-11H2,1H3. The second kappa shape index (κ2) is 7.95. The van der Waals surface area contributed by atoms with Gasteiger partial charge in [-0.25, -0.2) is 0 Å². The molecule has 1 heterocycles. The molecule has 6 heteroatoms. The lowest BCUT2D eigenvalue weighted by Crippen LogP contribution is -2.17. The van der Waals surface area contributed by atoms with Crippen LogP contribution in [0.5, 0.6) is 5.75 Å². The van der Waals surface area contributed by atoms with Gasteiger partial charge in [0.25, 0.3) is 0 Å². The molecule has 116 valence electrons. The molecule has 0 spiro atoms. The lowest BCUT2D eigenvalue weighted by Gasteiger charge is -2.12. The maximum absolute atomic E-state index is 11.2. The van der Waals surface area contributed by atoms with Crippen molar-refractivity contribution in [1.29, 1.82) is 0 Å². The van der Waals surface area contributed by atoms with E-state index in [9.17, 15) is 10.1 Å². The number of nitro benzene ring substituents is 1. The van der Waals surface area contributed by atoms with Gasteiger partial charge in [0.1, 0.15) is 6.61 Å². The fourth-order valence-corrected chi connectivity index (χ4v) is 2.31. The lowest BCUT2D eigenvalue weighted by atomic mass is 10.2. The first-order valence-corrected chi connectivity index (χ1v) is 7.43. The maximum Gasteiger partial charge on any atom is 0.311 e. The van der Waals surface area contributed by atoms with Gasteiger partial charge < -0.3 is 14.8 Å². The Kier molecular flexibility index (Phi) is 5.95. The van der Waals surface area contributed by atoms with E-state index in [4.69, 9.17) is 9.47 Å². The van der Waals surface area contributed by atoms with Crippen molar-refractivity contribution in [3.05, 3.63) is 33.9 Å². The van der Waals surface area contributed by atoms with Crippen molar-refractivity contribution in [1.82, 2.24) is 5.32 Å². The first kappa shape index (κ1) is 15.7. The Bertz CT molecular complexity index is 473. The molecule has 0 aromatic heterocycles. The van der Waals surface area contributed by atoms with Crippen LogP contribution in [0.4, 0.5) is 5.69 Å². The number of nitro groups is 1. The molecule has 1 unspecified atom stereocenters. The molecule has 0 aliphatic carbocycles. The van der Waals surface area contributed by atoms with Crippen LogP contribution >= 0.6 is 0 Å².